The summed E-state index contributed by atoms with van der Waals surface area (Å²) in [5, 5.41) is 7.00. The van der Waals surface area contributed by atoms with Gasteiger partial charge in [0, 0.05) is 7.11 Å². The summed E-state index contributed by atoms with van der Waals surface area (Å²) in [5.74, 6) is 1.81. The molecule has 0 aromatic heterocycles. The van der Waals surface area contributed by atoms with E-state index < -0.39 is 0 Å². The normalized spacial score (nSPS) is 2.40. The number of hydrogen-bond acceptors (Lipinski definition) is 1. The molecule has 1 N–H and O–H groups in total. The van der Waals surface area contributed by atoms with Gasteiger partial charge in [0.1, 0.15) is 0 Å². The maximum absolute atomic E-state index is 7.00. The summed E-state index contributed by atoms with van der Waals surface area (Å²) >= 11 is 2.94. The molecule has 0 spiro atoms. The van der Waals surface area contributed by atoms with E-state index in [0.29, 0.717) is 0 Å². The molecule has 1 nitrogen and oxygen atoms in total. The Balaban J connectivity index is -0.0000000133. The number of aliphatic hydroxyl groups is 1. The average molecular weight is 153 g/mol. The van der Waals surface area contributed by atoms with Gasteiger partial charge in [-0.05, 0) is 5.83 Å². The van der Waals surface area contributed by atoms with E-state index in [2.05, 4.69) is 15.9 Å². The summed E-state index contributed by atoms with van der Waals surface area (Å²) in [6.07, 6.45) is 0. The van der Waals surface area contributed by atoms with Gasteiger partial charge >= 0.3 is 23.1 Å². The van der Waals surface area contributed by atoms with Gasteiger partial charge in [0.15, 0.2) is 0 Å². The second-order valence-electron chi connectivity index (χ2n) is 0. The SMILES string of the molecule is CBr.CO.[MgH2]. The van der Waals surface area contributed by atoms with E-state index in [0.717, 1.165) is 7.11 Å². The highest BCUT2D eigenvalue weighted by molar-refractivity contribution is 9.08. The van der Waals surface area contributed by atoms with E-state index in [1.54, 1.807) is 0 Å². The van der Waals surface area contributed by atoms with Gasteiger partial charge in [0.05, 0.1) is 0 Å². The Labute approximate surface area is 57.0 Å². The zero-order valence-electron chi connectivity index (χ0n) is 2.83. The Morgan fingerprint density at radius 2 is 1.20 bits per heavy atom. The lowest BCUT2D eigenvalue weighted by atomic mass is 11.8. The van der Waals surface area contributed by atoms with Crippen LogP contribution in [0.4, 0.5) is 0 Å². The molecule has 0 aliphatic carbocycles. The summed E-state index contributed by atoms with van der Waals surface area (Å²) in [4.78, 5) is 0. The van der Waals surface area contributed by atoms with Crippen LogP contribution in [-0.2, 0) is 0 Å². The van der Waals surface area contributed by atoms with E-state index in [-0.39, 0.29) is 23.1 Å². The van der Waals surface area contributed by atoms with Crippen molar-refractivity contribution in [2.45, 2.75) is 0 Å². The van der Waals surface area contributed by atoms with E-state index in [1.165, 1.54) is 0 Å². The predicted octanol–water partition coefficient (Wildman–Crippen LogP) is -0.297. The van der Waals surface area contributed by atoms with Crippen molar-refractivity contribution in [3.05, 3.63) is 0 Å². The molecule has 0 bridgehead atoms. The number of halogens is 1. The smallest absolute Gasteiger partial charge is 0.316 e. The van der Waals surface area contributed by atoms with E-state index in [1.807, 2.05) is 5.83 Å². The summed E-state index contributed by atoms with van der Waals surface area (Å²) in [5.41, 5.74) is 0. The van der Waals surface area contributed by atoms with Crippen molar-refractivity contribution in [2.24, 2.45) is 0 Å². The van der Waals surface area contributed by atoms with Crippen LogP contribution in [0.3, 0.4) is 0 Å². The molecule has 0 heterocycles. The van der Waals surface area contributed by atoms with Crippen molar-refractivity contribution in [3.8, 4) is 0 Å². The van der Waals surface area contributed by atoms with Crippen LogP contribution in [-0.4, -0.2) is 41.1 Å². The summed E-state index contributed by atoms with van der Waals surface area (Å²) < 4.78 is 0. The minimum Gasteiger partial charge on any atom is -0.400 e. The Morgan fingerprint density at radius 1 is 1.20 bits per heavy atom. The lowest BCUT2D eigenvalue weighted by Crippen LogP contribution is -1.25. The maximum atomic E-state index is 7.00. The van der Waals surface area contributed by atoms with Crippen LogP contribution >= 0.6 is 15.9 Å². The Morgan fingerprint density at radius 3 is 1.20 bits per heavy atom. The van der Waals surface area contributed by atoms with Crippen molar-refractivity contribution >= 4 is 39.0 Å². The lowest BCUT2D eigenvalue weighted by molar-refractivity contribution is 0.399. The predicted molar refractivity (Wildman–Crippen MR) is 31.5 cm³/mol. The van der Waals surface area contributed by atoms with Crippen molar-refractivity contribution in [3.63, 3.8) is 0 Å². The molecular formula is C2H9BrMgO. The van der Waals surface area contributed by atoms with E-state index in [9.17, 15) is 0 Å². The van der Waals surface area contributed by atoms with Crippen molar-refractivity contribution in [1.29, 1.82) is 0 Å². The van der Waals surface area contributed by atoms with Gasteiger partial charge in [-0.3, -0.25) is 0 Å². The average Bonchev–Trinajstić information content (AvgIpc) is 1.50. The molecule has 0 atom stereocenters. The molecule has 32 valence electrons. The lowest BCUT2D eigenvalue weighted by Gasteiger charge is -1.21. The fourth-order valence-corrected chi connectivity index (χ4v) is 0. The van der Waals surface area contributed by atoms with Gasteiger partial charge in [-0.1, -0.05) is 15.9 Å². The van der Waals surface area contributed by atoms with Gasteiger partial charge < -0.3 is 5.11 Å². The third-order valence-corrected chi connectivity index (χ3v) is 0. The topological polar surface area (TPSA) is 20.2 Å². The molecule has 0 rings (SSSR count). The number of aliphatic hydroxyl groups excluding tert-OH is 1. The van der Waals surface area contributed by atoms with Crippen LogP contribution in [0.2, 0.25) is 0 Å². The highest BCUT2D eigenvalue weighted by atomic mass is 79.9. The van der Waals surface area contributed by atoms with Gasteiger partial charge in [-0.2, -0.15) is 0 Å². The summed E-state index contributed by atoms with van der Waals surface area (Å²) in [6, 6.07) is 0. The quantitative estimate of drug-likeness (QED) is 0.374. The van der Waals surface area contributed by atoms with Gasteiger partial charge in [-0.25, -0.2) is 0 Å². The van der Waals surface area contributed by atoms with Crippen LogP contribution in [0.15, 0.2) is 0 Å². The van der Waals surface area contributed by atoms with E-state index in [4.69, 9.17) is 5.11 Å². The van der Waals surface area contributed by atoms with Crippen LogP contribution < -0.4 is 0 Å². The molecule has 0 saturated heterocycles. The molecule has 0 aliphatic rings. The number of rotatable bonds is 0. The zero-order valence-corrected chi connectivity index (χ0v) is 4.41. The third-order valence-electron chi connectivity index (χ3n) is 0. The molecule has 3 heteroatoms. The van der Waals surface area contributed by atoms with Crippen LogP contribution in [0, 0.1) is 0 Å². The molecule has 5 heavy (non-hydrogen) atoms. The van der Waals surface area contributed by atoms with Crippen LogP contribution in [0.25, 0.3) is 0 Å². The van der Waals surface area contributed by atoms with Gasteiger partial charge in [-0.15, -0.1) is 0 Å². The highest BCUT2D eigenvalue weighted by Crippen LogP contribution is 1.45. The number of hydrogen-bond donors (Lipinski definition) is 1. The Bertz CT molecular complexity index is 9.61. The minimum absolute atomic E-state index is 0. The van der Waals surface area contributed by atoms with Gasteiger partial charge in [0.25, 0.3) is 0 Å². The van der Waals surface area contributed by atoms with Crippen LogP contribution in [0.5, 0.6) is 0 Å². The Kier molecular flexibility index (Phi) is 207. The molecule has 0 saturated carbocycles. The maximum Gasteiger partial charge on any atom is 0.316 e. The van der Waals surface area contributed by atoms with E-state index >= 15 is 0 Å². The first-order chi connectivity index (χ1) is 2.00. The molecule has 0 radical (unpaired) electrons. The van der Waals surface area contributed by atoms with Crippen molar-refractivity contribution in [1.82, 2.24) is 0 Å². The largest absolute Gasteiger partial charge is 0.400 e. The second kappa shape index (κ2) is 63.3. The van der Waals surface area contributed by atoms with Crippen LogP contribution in [0.1, 0.15) is 0 Å². The first kappa shape index (κ1) is 16.4. The van der Waals surface area contributed by atoms with Gasteiger partial charge in [0.2, 0.25) is 0 Å². The Hall–Kier alpha value is 1.21. The molecule has 0 aliphatic heterocycles. The summed E-state index contributed by atoms with van der Waals surface area (Å²) in [7, 11) is 1.00. The molecule has 0 aromatic rings. The second-order valence-corrected chi connectivity index (χ2v) is 0. The monoisotopic (exact) mass is 152 g/mol. The molecule has 0 fully saturated rings. The third kappa shape index (κ3) is 36.8. The fraction of sp³-hybridized carbons (Fsp3) is 1.00. The first-order valence-electron chi connectivity index (χ1n) is 0.825. The van der Waals surface area contributed by atoms with Crippen molar-refractivity contribution < 1.29 is 5.11 Å². The highest BCUT2D eigenvalue weighted by Gasteiger charge is 0.948. The molecule has 0 aromatic carbocycles. The molecule has 0 unspecified atom stereocenters. The molecule has 0 amide bonds. The van der Waals surface area contributed by atoms with Crippen molar-refractivity contribution in [2.75, 3.05) is 12.9 Å². The molecular weight excluding hydrogens is 144 g/mol. The standard InChI is InChI=1S/CH3Br.CH4O.Mg.2H/c2*1-2;;;/h1H3;2H,1H3;;;. The minimum atomic E-state index is 0. The summed E-state index contributed by atoms with van der Waals surface area (Å²) in [6.45, 7) is 0. The zero-order chi connectivity index (χ0) is 4.00. The first-order valence-corrected chi connectivity index (χ1v) is 2.41. The number of alkyl halides is 1. The fourth-order valence-electron chi connectivity index (χ4n) is 0.